The third-order valence-corrected chi connectivity index (χ3v) is 10.1. The van der Waals surface area contributed by atoms with Crippen molar-refractivity contribution in [2.45, 2.75) is 30.2 Å². The van der Waals surface area contributed by atoms with Crippen LogP contribution in [0.1, 0.15) is 29.6 Å². The van der Waals surface area contributed by atoms with Crippen LogP contribution in [0, 0.1) is 0 Å². The van der Waals surface area contributed by atoms with Gasteiger partial charge < -0.3 is 9.64 Å². The Hall–Kier alpha value is -1.69. The maximum atomic E-state index is 13.1. The predicted molar refractivity (Wildman–Crippen MR) is 116 cm³/mol. The van der Waals surface area contributed by atoms with Crippen LogP contribution in [0.25, 0.3) is 0 Å². The van der Waals surface area contributed by atoms with Crippen molar-refractivity contribution in [1.29, 1.82) is 0 Å². The zero-order valence-electron chi connectivity index (χ0n) is 17.7. The second-order valence-electron chi connectivity index (χ2n) is 8.36. The van der Waals surface area contributed by atoms with E-state index < -0.39 is 19.9 Å². The molecule has 3 heterocycles. The SMILES string of the molecule is COc1ccc(C(=O)N2CCN(C3CCS(=O)(=O)C3)CC2)cc1S(=O)(=O)N1CCCC1. The number of nitrogens with zero attached hydrogens (tertiary/aromatic N) is 3. The van der Waals surface area contributed by atoms with E-state index >= 15 is 0 Å². The number of rotatable bonds is 5. The molecule has 3 fully saturated rings. The number of methoxy groups -OCH3 is 1. The Morgan fingerprint density at radius 2 is 1.74 bits per heavy atom. The van der Waals surface area contributed by atoms with E-state index in [-0.39, 0.29) is 34.1 Å². The quantitative estimate of drug-likeness (QED) is 0.613. The normalized spacial score (nSPS) is 25.1. The molecule has 0 N–H and O–H groups in total. The third kappa shape index (κ3) is 4.59. The summed E-state index contributed by atoms with van der Waals surface area (Å²) in [4.78, 5) is 17.0. The zero-order valence-corrected chi connectivity index (χ0v) is 19.3. The van der Waals surface area contributed by atoms with Gasteiger partial charge in [0, 0.05) is 50.9 Å². The summed E-state index contributed by atoms with van der Waals surface area (Å²) in [6, 6.07) is 4.58. The second kappa shape index (κ2) is 8.68. The minimum absolute atomic E-state index is 0.0255. The molecule has 31 heavy (non-hydrogen) atoms. The molecule has 172 valence electrons. The predicted octanol–water partition coefficient (Wildman–Crippen LogP) is 0.425. The maximum Gasteiger partial charge on any atom is 0.253 e. The summed E-state index contributed by atoms with van der Waals surface area (Å²) < 4.78 is 56.4. The number of piperazine rings is 1. The number of ether oxygens (including phenoxy) is 1. The molecule has 1 unspecified atom stereocenters. The van der Waals surface area contributed by atoms with Gasteiger partial charge in [0.15, 0.2) is 9.84 Å². The van der Waals surface area contributed by atoms with E-state index in [0.29, 0.717) is 51.3 Å². The van der Waals surface area contributed by atoms with Gasteiger partial charge in [-0.15, -0.1) is 0 Å². The Labute approximate surface area is 183 Å². The number of sulfone groups is 1. The van der Waals surface area contributed by atoms with Crippen molar-refractivity contribution in [2.24, 2.45) is 0 Å². The first-order valence-electron chi connectivity index (χ1n) is 10.6. The van der Waals surface area contributed by atoms with Crippen molar-refractivity contribution < 1.29 is 26.4 Å². The molecule has 4 rings (SSSR count). The Kier molecular flexibility index (Phi) is 6.30. The number of hydrogen-bond acceptors (Lipinski definition) is 7. The molecule has 11 heteroatoms. The first kappa shape index (κ1) is 22.5. The number of amides is 1. The smallest absolute Gasteiger partial charge is 0.253 e. The fourth-order valence-corrected chi connectivity index (χ4v) is 8.08. The van der Waals surface area contributed by atoms with E-state index in [9.17, 15) is 21.6 Å². The molecule has 1 aromatic rings. The van der Waals surface area contributed by atoms with Crippen molar-refractivity contribution >= 4 is 25.8 Å². The summed E-state index contributed by atoms with van der Waals surface area (Å²) in [5.41, 5.74) is 0.315. The fourth-order valence-electron chi connectivity index (χ4n) is 4.61. The first-order chi connectivity index (χ1) is 14.7. The molecule has 0 aliphatic carbocycles. The first-order valence-corrected chi connectivity index (χ1v) is 13.9. The Bertz CT molecular complexity index is 1040. The summed E-state index contributed by atoms with van der Waals surface area (Å²) in [5.74, 6) is 0.434. The largest absolute Gasteiger partial charge is 0.495 e. The third-order valence-electron chi connectivity index (χ3n) is 6.42. The van der Waals surface area contributed by atoms with Gasteiger partial charge in [-0.3, -0.25) is 9.69 Å². The molecule has 0 saturated carbocycles. The average molecular weight is 472 g/mol. The highest BCUT2D eigenvalue weighted by atomic mass is 32.2. The molecule has 0 aromatic heterocycles. The lowest BCUT2D eigenvalue weighted by Gasteiger charge is -2.37. The van der Waals surface area contributed by atoms with Crippen LogP contribution in [-0.2, 0) is 19.9 Å². The molecule has 0 spiro atoms. The average Bonchev–Trinajstić information content (AvgIpc) is 3.43. The summed E-state index contributed by atoms with van der Waals surface area (Å²) in [7, 11) is -5.25. The van der Waals surface area contributed by atoms with Gasteiger partial charge in [-0.2, -0.15) is 4.31 Å². The molecule has 1 aromatic carbocycles. The Morgan fingerprint density at radius 3 is 2.32 bits per heavy atom. The van der Waals surface area contributed by atoms with Crippen LogP contribution in [-0.4, -0.2) is 101 Å². The van der Waals surface area contributed by atoms with Crippen LogP contribution in [0.3, 0.4) is 0 Å². The van der Waals surface area contributed by atoms with Gasteiger partial charge in [0.1, 0.15) is 10.6 Å². The topological polar surface area (TPSA) is 104 Å². The van der Waals surface area contributed by atoms with Crippen LogP contribution < -0.4 is 4.74 Å². The van der Waals surface area contributed by atoms with Gasteiger partial charge >= 0.3 is 0 Å². The maximum absolute atomic E-state index is 13.1. The van der Waals surface area contributed by atoms with Crippen LogP contribution in [0.5, 0.6) is 5.75 Å². The molecule has 0 bridgehead atoms. The highest BCUT2D eigenvalue weighted by Gasteiger charge is 2.35. The molecule has 3 aliphatic heterocycles. The minimum Gasteiger partial charge on any atom is -0.495 e. The Morgan fingerprint density at radius 1 is 1.06 bits per heavy atom. The molecule has 1 atom stereocenters. The van der Waals surface area contributed by atoms with E-state index in [1.165, 1.54) is 23.5 Å². The summed E-state index contributed by atoms with van der Waals surface area (Å²) in [5, 5.41) is 0. The molecule has 3 saturated heterocycles. The van der Waals surface area contributed by atoms with Crippen molar-refractivity contribution in [2.75, 3.05) is 57.9 Å². The highest BCUT2D eigenvalue weighted by Crippen LogP contribution is 2.30. The lowest BCUT2D eigenvalue weighted by atomic mass is 10.1. The fraction of sp³-hybridized carbons (Fsp3) is 0.650. The van der Waals surface area contributed by atoms with Crippen molar-refractivity contribution in [3.63, 3.8) is 0 Å². The standard InChI is InChI=1S/C20H29N3O6S2/c1-29-18-5-4-16(14-19(18)31(27,28)23-7-2-3-8-23)20(24)22-11-9-21(10-12-22)17-6-13-30(25,26)15-17/h4-5,14,17H,2-3,6-13,15H2,1H3. The van der Waals surface area contributed by atoms with Crippen LogP contribution in [0.4, 0.5) is 0 Å². The van der Waals surface area contributed by atoms with Crippen molar-refractivity contribution in [3.8, 4) is 5.75 Å². The minimum atomic E-state index is -3.73. The van der Waals surface area contributed by atoms with E-state index in [1.807, 2.05) is 0 Å². The molecule has 3 aliphatic rings. The highest BCUT2D eigenvalue weighted by molar-refractivity contribution is 7.91. The number of carbonyl (C=O) groups excluding carboxylic acids is 1. The van der Waals surface area contributed by atoms with Gasteiger partial charge in [0.05, 0.1) is 18.6 Å². The van der Waals surface area contributed by atoms with E-state index in [0.717, 1.165) is 12.8 Å². The van der Waals surface area contributed by atoms with Crippen molar-refractivity contribution in [3.05, 3.63) is 23.8 Å². The van der Waals surface area contributed by atoms with Crippen molar-refractivity contribution in [1.82, 2.24) is 14.1 Å². The second-order valence-corrected chi connectivity index (χ2v) is 12.5. The van der Waals surface area contributed by atoms with E-state index in [1.54, 1.807) is 11.0 Å². The summed E-state index contributed by atoms with van der Waals surface area (Å²) in [6.07, 6.45) is 2.30. The summed E-state index contributed by atoms with van der Waals surface area (Å²) >= 11 is 0. The van der Waals surface area contributed by atoms with Gasteiger partial charge in [0.25, 0.3) is 5.91 Å². The lowest BCUT2D eigenvalue weighted by Crippen LogP contribution is -2.52. The van der Waals surface area contributed by atoms with Gasteiger partial charge in [-0.1, -0.05) is 0 Å². The number of benzene rings is 1. The van der Waals surface area contributed by atoms with E-state index in [4.69, 9.17) is 4.74 Å². The number of hydrogen-bond donors (Lipinski definition) is 0. The zero-order chi connectivity index (χ0) is 22.2. The molecule has 0 radical (unpaired) electrons. The van der Waals surface area contributed by atoms with Crippen LogP contribution >= 0.6 is 0 Å². The molecule has 9 nitrogen and oxygen atoms in total. The molecular weight excluding hydrogens is 442 g/mol. The van der Waals surface area contributed by atoms with Crippen LogP contribution in [0.2, 0.25) is 0 Å². The number of carbonyl (C=O) groups is 1. The Balaban J connectivity index is 1.48. The van der Waals surface area contributed by atoms with Crippen LogP contribution in [0.15, 0.2) is 23.1 Å². The monoisotopic (exact) mass is 471 g/mol. The lowest BCUT2D eigenvalue weighted by molar-refractivity contribution is 0.0587. The van der Waals surface area contributed by atoms with Gasteiger partial charge in [0.2, 0.25) is 10.0 Å². The summed E-state index contributed by atoms with van der Waals surface area (Å²) in [6.45, 7) is 3.14. The van der Waals surface area contributed by atoms with Gasteiger partial charge in [-0.25, -0.2) is 16.8 Å². The molecule has 1 amide bonds. The molecular formula is C20H29N3O6S2. The van der Waals surface area contributed by atoms with E-state index in [2.05, 4.69) is 4.90 Å². The number of sulfonamides is 1. The van der Waals surface area contributed by atoms with Gasteiger partial charge in [-0.05, 0) is 37.5 Å².